The third-order valence-corrected chi connectivity index (χ3v) is 5.76. The minimum atomic E-state index is -3.17. The van der Waals surface area contributed by atoms with Gasteiger partial charge in [-0.1, -0.05) is 0 Å². The number of carbonyl (C=O) groups is 1. The fourth-order valence-electron chi connectivity index (χ4n) is 3.80. The average Bonchev–Trinajstić information content (AvgIpc) is 2.67. The van der Waals surface area contributed by atoms with Gasteiger partial charge in [0.1, 0.15) is 0 Å². The largest absolute Gasteiger partial charge is 0.339 e. The molecule has 1 saturated heterocycles. The van der Waals surface area contributed by atoms with Gasteiger partial charge in [0.25, 0.3) is 5.91 Å². The summed E-state index contributed by atoms with van der Waals surface area (Å²) in [5.74, 6) is -0.347. The molecule has 1 N–H and O–H groups in total. The lowest BCUT2D eigenvalue weighted by atomic mass is 9.65. The average molecular weight is 304 g/mol. The van der Waals surface area contributed by atoms with Gasteiger partial charge in [-0.05, 0) is 43.9 Å². The summed E-state index contributed by atoms with van der Waals surface area (Å²) < 4.78 is 39.1. The van der Waals surface area contributed by atoms with Crippen LogP contribution in [0.15, 0.2) is 0 Å². The monoisotopic (exact) mass is 304 g/mol. The van der Waals surface area contributed by atoms with E-state index in [2.05, 4.69) is 4.72 Å². The van der Waals surface area contributed by atoms with Crippen molar-refractivity contribution in [3.05, 3.63) is 0 Å². The second-order valence-electron chi connectivity index (χ2n) is 6.79. The molecular weight excluding hydrogens is 283 g/mol. The minimum Gasteiger partial charge on any atom is -0.339 e. The highest BCUT2D eigenvalue weighted by atomic mass is 32.2. The minimum absolute atomic E-state index is 0.0120. The Balaban J connectivity index is 1.55. The van der Waals surface area contributed by atoms with E-state index < -0.39 is 15.7 Å². The first-order valence-electron chi connectivity index (χ1n) is 7.17. The van der Waals surface area contributed by atoms with E-state index in [4.69, 9.17) is 0 Å². The molecule has 1 aliphatic heterocycles. The van der Waals surface area contributed by atoms with Crippen molar-refractivity contribution >= 4 is 15.9 Å². The number of nitrogens with zero attached hydrogens (tertiary/aromatic N) is 1. The topological polar surface area (TPSA) is 66.5 Å². The van der Waals surface area contributed by atoms with Gasteiger partial charge in [-0.15, -0.1) is 0 Å². The smallest absolute Gasteiger partial charge is 0.260 e. The van der Waals surface area contributed by atoms with E-state index in [1.807, 2.05) is 0 Å². The number of amides is 1. The summed E-state index contributed by atoms with van der Waals surface area (Å²) in [6.45, 7) is 1.19. The fraction of sp³-hybridized carbons (Fsp3) is 0.923. The molecule has 7 heteroatoms. The van der Waals surface area contributed by atoms with Gasteiger partial charge in [0.05, 0.1) is 6.26 Å². The number of alkyl halides is 1. The van der Waals surface area contributed by atoms with E-state index in [0.29, 0.717) is 25.9 Å². The molecule has 0 unspecified atom stereocenters. The van der Waals surface area contributed by atoms with Crippen LogP contribution in [0.5, 0.6) is 0 Å². The number of rotatable bonds is 3. The van der Waals surface area contributed by atoms with Gasteiger partial charge >= 0.3 is 0 Å². The molecule has 0 radical (unpaired) electrons. The maximum Gasteiger partial charge on any atom is 0.260 e. The summed E-state index contributed by atoms with van der Waals surface area (Å²) >= 11 is 0. The number of nitrogens with one attached hydrogen (secondary N) is 1. The number of carbonyl (C=O) groups excluding carboxylic acids is 1. The van der Waals surface area contributed by atoms with E-state index in [0.717, 1.165) is 31.9 Å². The Labute approximate surface area is 118 Å². The summed E-state index contributed by atoms with van der Waals surface area (Å²) in [5.41, 5.74) is -1.60. The van der Waals surface area contributed by atoms with Crippen molar-refractivity contribution in [2.75, 3.05) is 19.3 Å². The van der Waals surface area contributed by atoms with Crippen LogP contribution in [0.2, 0.25) is 0 Å². The number of sulfonamides is 1. The van der Waals surface area contributed by atoms with Gasteiger partial charge in [-0.2, -0.15) is 0 Å². The highest BCUT2D eigenvalue weighted by Crippen LogP contribution is 2.49. The van der Waals surface area contributed by atoms with Crippen LogP contribution >= 0.6 is 0 Å². The zero-order chi connectivity index (χ0) is 14.6. The summed E-state index contributed by atoms with van der Waals surface area (Å²) in [5, 5.41) is 0. The van der Waals surface area contributed by atoms with Gasteiger partial charge in [0, 0.05) is 19.1 Å². The predicted octanol–water partition coefficient (Wildman–Crippen LogP) is 0.809. The molecule has 5 nitrogen and oxygen atoms in total. The second kappa shape index (κ2) is 4.40. The first-order chi connectivity index (χ1) is 9.22. The van der Waals surface area contributed by atoms with E-state index in [1.165, 1.54) is 0 Å². The molecule has 20 heavy (non-hydrogen) atoms. The SMILES string of the molecule is CS(=O)(=O)NC1CC2(CCN(C(=O)C3(F)CCC3)C2)C1. The van der Waals surface area contributed by atoms with E-state index in [9.17, 15) is 17.6 Å². The molecule has 0 atom stereocenters. The molecule has 2 aliphatic carbocycles. The number of hydrogen-bond donors (Lipinski definition) is 1. The highest BCUT2D eigenvalue weighted by Gasteiger charge is 2.54. The Kier molecular flexibility index (Phi) is 3.14. The number of likely N-dealkylation sites (tertiary alicyclic amines) is 1. The van der Waals surface area contributed by atoms with Gasteiger partial charge in [-0.25, -0.2) is 17.5 Å². The van der Waals surface area contributed by atoms with E-state index >= 15 is 0 Å². The van der Waals surface area contributed by atoms with Gasteiger partial charge in [0.2, 0.25) is 10.0 Å². The Hall–Kier alpha value is -0.690. The van der Waals surface area contributed by atoms with Gasteiger partial charge in [0.15, 0.2) is 5.67 Å². The van der Waals surface area contributed by atoms with Crippen molar-refractivity contribution < 1.29 is 17.6 Å². The normalized spacial score (nSPS) is 35.7. The number of hydrogen-bond acceptors (Lipinski definition) is 3. The second-order valence-corrected chi connectivity index (χ2v) is 8.57. The standard InChI is InChI=1S/C13H21FN2O3S/c1-20(18,19)15-10-7-12(8-10)5-6-16(9-12)11(17)13(14)3-2-4-13/h10,15H,2-9H2,1H3. The number of halogens is 1. The summed E-state index contributed by atoms with van der Waals surface area (Å²) in [6.07, 6.45) is 5.03. The van der Waals surface area contributed by atoms with Gasteiger partial charge in [-0.3, -0.25) is 4.79 Å². The van der Waals surface area contributed by atoms with Crippen LogP contribution in [0.3, 0.4) is 0 Å². The lowest BCUT2D eigenvalue weighted by molar-refractivity contribution is -0.149. The zero-order valence-corrected chi connectivity index (χ0v) is 12.5. The lowest BCUT2D eigenvalue weighted by Crippen LogP contribution is -2.54. The molecule has 114 valence electrons. The molecule has 1 spiro atoms. The Morgan fingerprint density at radius 3 is 2.45 bits per heavy atom. The summed E-state index contributed by atoms with van der Waals surface area (Å²) in [4.78, 5) is 13.8. The van der Waals surface area contributed by atoms with Crippen LogP contribution in [-0.4, -0.2) is 50.3 Å². The first-order valence-corrected chi connectivity index (χ1v) is 9.06. The zero-order valence-electron chi connectivity index (χ0n) is 11.7. The quantitative estimate of drug-likeness (QED) is 0.839. The lowest BCUT2D eigenvalue weighted by Gasteiger charge is -2.45. The van der Waals surface area contributed by atoms with E-state index in [-0.39, 0.29) is 17.4 Å². The summed E-state index contributed by atoms with van der Waals surface area (Å²) in [6, 6.07) is -0.0249. The maximum atomic E-state index is 14.1. The molecule has 1 heterocycles. The maximum absolute atomic E-state index is 14.1. The molecule has 0 bridgehead atoms. The molecule has 0 aromatic heterocycles. The van der Waals surface area contributed by atoms with Gasteiger partial charge < -0.3 is 4.90 Å². The molecular formula is C13H21FN2O3S. The molecule has 1 amide bonds. The van der Waals surface area contributed by atoms with Crippen LogP contribution in [0, 0.1) is 5.41 Å². The fourth-order valence-corrected chi connectivity index (χ4v) is 4.57. The molecule has 0 aromatic rings. The van der Waals surface area contributed by atoms with Crippen molar-refractivity contribution in [3.8, 4) is 0 Å². The molecule has 3 aliphatic rings. The van der Waals surface area contributed by atoms with E-state index in [1.54, 1.807) is 4.90 Å². The Bertz CT molecular complexity index is 524. The Morgan fingerprint density at radius 1 is 1.30 bits per heavy atom. The molecule has 3 rings (SSSR count). The van der Waals surface area contributed by atoms with Crippen LogP contribution < -0.4 is 4.72 Å². The molecule has 2 saturated carbocycles. The van der Waals surface area contributed by atoms with Crippen molar-refractivity contribution in [1.29, 1.82) is 0 Å². The third kappa shape index (κ3) is 2.45. The highest BCUT2D eigenvalue weighted by molar-refractivity contribution is 7.88. The van der Waals surface area contributed by atoms with Crippen LogP contribution in [0.4, 0.5) is 4.39 Å². The molecule has 3 fully saturated rings. The van der Waals surface area contributed by atoms with Crippen molar-refractivity contribution in [1.82, 2.24) is 9.62 Å². The van der Waals surface area contributed by atoms with Crippen molar-refractivity contribution in [2.45, 2.75) is 50.2 Å². The third-order valence-electron chi connectivity index (χ3n) is 4.99. The van der Waals surface area contributed by atoms with Crippen molar-refractivity contribution in [3.63, 3.8) is 0 Å². The Morgan fingerprint density at radius 2 is 1.95 bits per heavy atom. The van der Waals surface area contributed by atoms with Crippen LogP contribution in [0.1, 0.15) is 38.5 Å². The van der Waals surface area contributed by atoms with Crippen LogP contribution in [0.25, 0.3) is 0 Å². The van der Waals surface area contributed by atoms with Crippen molar-refractivity contribution in [2.24, 2.45) is 5.41 Å². The molecule has 0 aromatic carbocycles. The summed E-state index contributed by atoms with van der Waals surface area (Å²) in [7, 11) is -3.17. The first kappa shape index (κ1) is 14.3. The predicted molar refractivity (Wildman–Crippen MR) is 72.3 cm³/mol. The van der Waals surface area contributed by atoms with Crippen LogP contribution in [-0.2, 0) is 14.8 Å².